The first-order valence-electron chi connectivity index (χ1n) is 4.78. The predicted molar refractivity (Wildman–Crippen MR) is 54.0 cm³/mol. The van der Waals surface area contributed by atoms with Crippen LogP contribution in [0.1, 0.15) is 40.0 Å². The molecule has 1 unspecified atom stereocenters. The SMILES string of the molecule is CC(C)(C)CCC1CCS(=O)(=O)N1. The van der Waals surface area contributed by atoms with Crippen LogP contribution in [-0.2, 0) is 10.0 Å². The van der Waals surface area contributed by atoms with Crippen LogP contribution in [0.4, 0.5) is 0 Å². The molecule has 1 saturated heterocycles. The highest BCUT2D eigenvalue weighted by molar-refractivity contribution is 7.89. The lowest BCUT2D eigenvalue weighted by Gasteiger charge is -2.19. The maximum atomic E-state index is 11.1. The number of rotatable bonds is 2. The zero-order valence-corrected chi connectivity index (χ0v) is 9.45. The summed E-state index contributed by atoms with van der Waals surface area (Å²) in [7, 11) is -2.91. The van der Waals surface area contributed by atoms with Crippen molar-refractivity contribution in [3.63, 3.8) is 0 Å². The van der Waals surface area contributed by atoms with E-state index in [1.807, 2.05) is 0 Å². The van der Waals surface area contributed by atoms with Gasteiger partial charge in [-0.15, -0.1) is 0 Å². The summed E-state index contributed by atoms with van der Waals surface area (Å²) in [5.41, 5.74) is 0.300. The lowest BCUT2D eigenvalue weighted by molar-refractivity contribution is 0.343. The van der Waals surface area contributed by atoms with Crippen LogP contribution in [0.15, 0.2) is 0 Å². The van der Waals surface area contributed by atoms with Gasteiger partial charge in [0.2, 0.25) is 10.0 Å². The molecule has 0 aromatic heterocycles. The Kier molecular flexibility index (Phi) is 3.02. The van der Waals surface area contributed by atoms with E-state index in [9.17, 15) is 8.42 Å². The Morgan fingerprint density at radius 3 is 2.38 bits per heavy atom. The Balaban J connectivity index is 2.34. The fourth-order valence-corrected chi connectivity index (χ4v) is 2.94. The van der Waals surface area contributed by atoms with E-state index in [-0.39, 0.29) is 6.04 Å². The summed E-state index contributed by atoms with van der Waals surface area (Å²) >= 11 is 0. The van der Waals surface area contributed by atoms with Crippen molar-refractivity contribution >= 4 is 10.0 Å². The molecule has 1 aliphatic heterocycles. The normalized spacial score (nSPS) is 27.8. The average molecular weight is 205 g/mol. The maximum absolute atomic E-state index is 11.1. The average Bonchev–Trinajstić information content (AvgIpc) is 2.24. The van der Waals surface area contributed by atoms with E-state index in [0.29, 0.717) is 11.2 Å². The summed E-state index contributed by atoms with van der Waals surface area (Å²) in [5.74, 6) is 0.307. The minimum absolute atomic E-state index is 0.184. The minimum atomic E-state index is -2.91. The Morgan fingerprint density at radius 1 is 1.38 bits per heavy atom. The van der Waals surface area contributed by atoms with Crippen molar-refractivity contribution < 1.29 is 8.42 Å². The quantitative estimate of drug-likeness (QED) is 0.742. The molecule has 13 heavy (non-hydrogen) atoms. The van der Waals surface area contributed by atoms with Crippen molar-refractivity contribution in [1.82, 2.24) is 4.72 Å². The first kappa shape index (κ1) is 11.0. The molecule has 1 atom stereocenters. The second kappa shape index (κ2) is 3.58. The first-order chi connectivity index (χ1) is 5.79. The van der Waals surface area contributed by atoms with Gasteiger partial charge in [0.15, 0.2) is 0 Å². The van der Waals surface area contributed by atoms with Gasteiger partial charge < -0.3 is 0 Å². The fourth-order valence-electron chi connectivity index (χ4n) is 1.48. The van der Waals surface area contributed by atoms with Crippen molar-refractivity contribution in [1.29, 1.82) is 0 Å². The summed E-state index contributed by atoms with van der Waals surface area (Å²) in [5, 5.41) is 0. The van der Waals surface area contributed by atoms with E-state index in [1.54, 1.807) is 0 Å². The summed E-state index contributed by atoms with van der Waals surface area (Å²) in [6.45, 7) is 6.53. The van der Waals surface area contributed by atoms with Crippen LogP contribution in [0, 0.1) is 5.41 Å². The zero-order valence-electron chi connectivity index (χ0n) is 8.63. The molecule has 0 bridgehead atoms. The Morgan fingerprint density at radius 2 is 2.00 bits per heavy atom. The smallest absolute Gasteiger partial charge is 0.211 e. The second-order valence-electron chi connectivity index (χ2n) is 5.02. The zero-order chi connectivity index (χ0) is 10.1. The number of hydrogen-bond donors (Lipinski definition) is 1. The first-order valence-corrected chi connectivity index (χ1v) is 6.44. The van der Waals surface area contributed by atoms with Crippen LogP contribution in [-0.4, -0.2) is 20.2 Å². The van der Waals surface area contributed by atoms with E-state index >= 15 is 0 Å². The van der Waals surface area contributed by atoms with E-state index in [1.165, 1.54) is 0 Å². The van der Waals surface area contributed by atoms with Crippen LogP contribution in [0.2, 0.25) is 0 Å². The van der Waals surface area contributed by atoms with Gasteiger partial charge in [-0.2, -0.15) is 0 Å². The van der Waals surface area contributed by atoms with Gasteiger partial charge >= 0.3 is 0 Å². The van der Waals surface area contributed by atoms with Gasteiger partial charge in [-0.25, -0.2) is 13.1 Å². The molecule has 1 aliphatic rings. The summed E-state index contributed by atoms with van der Waals surface area (Å²) in [6.07, 6.45) is 2.81. The molecule has 1 heterocycles. The van der Waals surface area contributed by atoms with E-state index < -0.39 is 10.0 Å². The second-order valence-corrected chi connectivity index (χ2v) is 6.90. The third-order valence-corrected chi connectivity index (χ3v) is 3.79. The van der Waals surface area contributed by atoms with Crippen LogP contribution in [0.25, 0.3) is 0 Å². The molecule has 1 fully saturated rings. The molecule has 1 rings (SSSR count). The van der Waals surface area contributed by atoms with Gasteiger partial charge in [0.1, 0.15) is 0 Å². The van der Waals surface area contributed by atoms with E-state index in [4.69, 9.17) is 0 Å². The van der Waals surface area contributed by atoms with E-state index in [2.05, 4.69) is 25.5 Å². The van der Waals surface area contributed by atoms with Crippen molar-refractivity contribution in [3.8, 4) is 0 Å². The summed E-state index contributed by atoms with van der Waals surface area (Å²) in [6, 6.07) is 0.184. The van der Waals surface area contributed by atoms with Crippen molar-refractivity contribution in [2.75, 3.05) is 5.75 Å². The van der Waals surface area contributed by atoms with Gasteiger partial charge in [0, 0.05) is 6.04 Å². The highest BCUT2D eigenvalue weighted by atomic mass is 32.2. The standard InChI is InChI=1S/C9H19NO2S/c1-9(2,3)6-4-8-5-7-13(11,12)10-8/h8,10H,4-7H2,1-3H3. The molecule has 0 saturated carbocycles. The lowest BCUT2D eigenvalue weighted by Crippen LogP contribution is -2.26. The molecule has 1 N–H and O–H groups in total. The Hall–Kier alpha value is -0.0900. The van der Waals surface area contributed by atoms with Crippen molar-refractivity contribution in [3.05, 3.63) is 0 Å². The van der Waals surface area contributed by atoms with E-state index in [0.717, 1.165) is 19.3 Å². The molecule has 78 valence electrons. The molecule has 0 spiro atoms. The minimum Gasteiger partial charge on any atom is -0.212 e. The monoisotopic (exact) mass is 205 g/mol. The molecular weight excluding hydrogens is 186 g/mol. The molecule has 0 aliphatic carbocycles. The van der Waals surface area contributed by atoms with Crippen LogP contribution < -0.4 is 4.72 Å². The largest absolute Gasteiger partial charge is 0.212 e. The van der Waals surface area contributed by atoms with Crippen LogP contribution in [0.3, 0.4) is 0 Å². The predicted octanol–water partition coefficient (Wildman–Crippen LogP) is 1.50. The van der Waals surface area contributed by atoms with Gasteiger partial charge in [0.05, 0.1) is 5.75 Å². The molecule has 0 amide bonds. The molecule has 0 aromatic carbocycles. The highest BCUT2D eigenvalue weighted by Gasteiger charge is 2.27. The van der Waals surface area contributed by atoms with Crippen LogP contribution in [0.5, 0.6) is 0 Å². The molecule has 0 aromatic rings. The molecule has 3 nitrogen and oxygen atoms in total. The Bertz CT molecular complexity index is 264. The number of nitrogens with one attached hydrogen (secondary N) is 1. The fraction of sp³-hybridized carbons (Fsp3) is 1.00. The Labute approximate surface area is 81.0 Å². The topological polar surface area (TPSA) is 46.2 Å². The van der Waals surface area contributed by atoms with Gasteiger partial charge in [-0.3, -0.25) is 0 Å². The number of hydrogen-bond acceptors (Lipinski definition) is 2. The highest BCUT2D eigenvalue weighted by Crippen LogP contribution is 2.24. The van der Waals surface area contributed by atoms with Gasteiger partial charge in [-0.05, 0) is 24.7 Å². The summed E-state index contributed by atoms with van der Waals surface area (Å²) in [4.78, 5) is 0. The van der Waals surface area contributed by atoms with Crippen molar-refractivity contribution in [2.24, 2.45) is 5.41 Å². The molecule has 4 heteroatoms. The van der Waals surface area contributed by atoms with Gasteiger partial charge in [0.25, 0.3) is 0 Å². The number of sulfonamides is 1. The summed E-state index contributed by atoms with van der Waals surface area (Å²) < 4.78 is 24.8. The third-order valence-electron chi connectivity index (χ3n) is 2.32. The maximum Gasteiger partial charge on any atom is 0.211 e. The third kappa shape index (κ3) is 4.09. The van der Waals surface area contributed by atoms with Gasteiger partial charge in [-0.1, -0.05) is 20.8 Å². The van der Waals surface area contributed by atoms with Crippen molar-refractivity contribution in [2.45, 2.75) is 46.1 Å². The van der Waals surface area contributed by atoms with Crippen LogP contribution >= 0.6 is 0 Å². The lowest BCUT2D eigenvalue weighted by atomic mass is 9.88. The molecular formula is C9H19NO2S. The molecule has 0 radical (unpaired) electrons.